The molecule has 0 spiro atoms. The lowest BCUT2D eigenvalue weighted by Crippen LogP contribution is -2.33. The number of hydrogen-bond acceptors (Lipinski definition) is 8. The van der Waals surface area contributed by atoms with Crippen molar-refractivity contribution in [2.24, 2.45) is 0 Å². The summed E-state index contributed by atoms with van der Waals surface area (Å²) in [5, 5.41) is 7.40. The number of anilines is 1. The van der Waals surface area contributed by atoms with E-state index in [-0.39, 0.29) is 9.34 Å². The van der Waals surface area contributed by atoms with Crippen LogP contribution in [0.4, 0.5) is 9.93 Å². The van der Waals surface area contributed by atoms with Crippen molar-refractivity contribution in [1.29, 1.82) is 0 Å². The van der Waals surface area contributed by atoms with Crippen LogP contribution in [0.25, 0.3) is 21.2 Å². The number of thiophene rings is 1. The van der Waals surface area contributed by atoms with Crippen molar-refractivity contribution in [2.75, 3.05) is 5.32 Å². The third kappa shape index (κ3) is 3.92. The van der Waals surface area contributed by atoms with E-state index < -0.39 is 16.1 Å². The van der Waals surface area contributed by atoms with Crippen LogP contribution in [0.5, 0.6) is 0 Å². The Kier molecular flexibility index (Phi) is 5.19. The summed E-state index contributed by atoms with van der Waals surface area (Å²) in [4.78, 5) is 16.0. The number of thiazole rings is 1. The number of fused-ring (bicyclic) bond motifs is 1. The van der Waals surface area contributed by atoms with Crippen molar-refractivity contribution >= 4 is 69.9 Å². The third-order valence-electron chi connectivity index (χ3n) is 4.01. The van der Waals surface area contributed by atoms with Gasteiger partial charge in [-0.2, -0.15) is 0 Å². The molecule has 12 heteroatoms. The highest BCUT2D eigenvalue weighted by Gasteiger charge is 2.23. The van der Waals surface area contributed by atoms with Crippen LogP contribution < -0.4 is 10.0 Å². The summed E-state index contributed by atoms with van der Waals surface area (Å²) >= 11 is 5.48. The second kappa shape index (κ2) is 7.52. The smallest absolute Gasteiger partial charge is 0.334 e. The van der Waals surface area contributed by atoms with Gasteiger partial charge in [0.05, 0.1) is 15.7 Å². The number of aryl methyl sites for hydroxylation is 2. The van der Waals surface area contributed by atoms with Crippen LogP contribution in [-0.4, -0.2) is 24.6 Å². The molecular formula is C17H13BrN4O4S3. The number of nitrogens with zero attached hydrogens (tertiary/aromatic N) is 2. The van der Waals surface area contributed by atoms with Gasteiger partial charge in [-0.25, -0.2) is 22.9 Å². The largest absolute Gasteiger partial charge is 0.361 e. The molecule has 0 aliphatic heterocycles. The van der Waals surface area contributed by atoms with Gasteiger partial charge in [0, 0.05) is 15.8 Å². The lowest BCUT2D eigenvalue weighted by molar-refractivity contribution is 0.256. The topological polar surface area (TPSA) is 114 Å². The van der Waals surface area contributed by atoms with Gasteiger partial charge in [0.25, 0.3) is 10.0 Å². The van der Waals surface area contributed by atoms with E-state index in [2.05, 4.69) is 31.4 Å². The predicted octanol–water partition coefficient (Wildman–Crippen LogP) is 4.90. The summed E-state index contributed by atoms with van der Waals surface area (Å²) < 4.78 is 34.2. The monoisotopic (exact) mass is 512 g/mol. The first kappa shape index (κ1) is 20.0. The summed E-state index contributed by atoms with van der Waals surface area (Å²) in [6.07, 6.45) is 1.51. The van der Waals surface area contributed by atoms with Crippen LogP contribution in [0.3, 0.4) is 0 Å². The second-order valence-electron chi connectivity index (χ2n) is 6.02. The molecule has 4 aromatic rings. The Hall–Kier alpha value is -2.28. The van der Waals surface area contributed by atoms with Crippen LogP contribution >= 0.6 is 38.6 Å². The number of sulfonamides is 1. The Balaban J connectivity index is 1.67. The third-order valence-corrected chi connectivity index (χ3v) is 8.39. The standard InChI is InChI=1S/C17H13BrN4O4S3/c1-8-14(9(2)26-21-8)11-5-3-4-10-6-13(28-15(10)11)29(24,25)22-16(23)20-17-19-7-12(18)27-17/h3-7H,1-2H3,(H2,19,20,22,23). The van der Waals surface area contributed by atoms with E-state index in [9.17, 15) is 13.2 Å². The number of nitrogens with one attached hydrogen (secondary N) is 2. The van der Waals surface area contributed by atoms with Gasteiger partial charge in [0.15, 0.2) is 5.13 Å². The number of carbonyl (C=O) groups excluding carboxylic acids is 1. The Morgan fingerprint density at radius 1 is 1.24 bits per heavy atom. The van der Waals surface area contributed by atoms with Gasteiger partial charge in [0.1, 0.15) is 9.97 Å². The molecule has 0 radical (unpaired) electrons. The second-order valence-corrected chi connectivity index (χ2v) is 11.4. The molecule has 0 fully saturated rings. The first-order valence-electron chi connectivity index (χ1n) is 8.15. The average molecular weight is 513 g/mol. The SMILES string of the molecule is Cc1noc(C)c1-c1cccc2cc(S(=O)(=O)NC(=O)Nc3ncc(Br)s3)sc12. The van der Waals surface area contributed by atoms with E-state index in [1.54, 1.807) is 0 Å². The quantitative estimate of drug-likeness (QED) is 0.401. The molecule has 0 bridgehead atoms. The zero-order valence-electron chi connectivity index (χ0n) is 15.0. The molecule has 0 atom stereocenters. The van der Waals surface area contributed by atoms with E-state index in [4.69, 9.17) is 4.52 Å². The molecule has 0 saturated carbocycles. The number of benzene rings is 1. The number of rotatable bonds is 4. The molecule has 2 N–H and O–H groups in total. The van der Waals surface area contributed by atoms with Gasteiger partial charge in [-0.05, 0) is 41.2 Å². The molecule has 1 aromatic carbocycles. The Morgan fingerprint density at radius 2 is 2.03 bits per heavy atom. The van der Waals surface area contributed by atoms with Gasteiger partial charge in [0.2, 0.25) is 0 Å². The molecule has 0 unspecified atom stereocenters. The highest BCUT2D eigenvalue weighted by atomic mass is 79.9. The van der Waals surface area contributed by atoms with Crippen molar-refractivity contribution in [3.8, 4) is 11.1 Å². The van der Waals surface area contributed by atoms with Crippen molar-refractivity contribution in [2.45, 2.75) is 18.1 Å². The number of urea groups is 1. The Labute approximate surface area is 182 Å². The summed E-state index contributed by atoms with van der Waals surface area (Å²) in [6.45, 7) is 3.64. The van der Waals surface area contributed by atoms with Crippen molar-refractivity contribution in [1.82, 2.24) is 14.9 Å². The molecule has 3 heterocycles. The maximum absolute atomic E-state index is 12.7. The maximum atomic E-state index is 12.7. The highest BCUT2D eigenvalue weighted by Crippen LogP contribution is 2.39. The van der Waals surface area contributed by atoms with E-state index in [1.165, 1.54) is 23.6 Å². The number of amides is 2. The van der Waals surface area contributed by atoms with E-state index in [1.807, 2.05) is 36.8 Å². The van der Waals surface area contributed by atoms with E-state index in [0.29, 0.717) is 9.55 Å². The van der Waals surface area contributed by atoms with Crippen molar-refractivity contribution in [3.63, 3.8) is 0 Å². The maximum Gasteiger partial charge on any atom is 0.334 e. The van der Waals surface area contributed by atoms with Gasteiger partial charge >= 0.3 is 6.03 Å². The summed E-state index contributed by atoms with van der Waals surface area (Å²) in [7, 11) is -4.06. The zero-order chi connectivity index (χ0) is 20.8. The summed E-state index contributed by atoms with van der Waals surface area (Å²) in [5.74, 6) is 0.653. The van der Waals surface area contributed by atoms with Gasteiger partial charge in [-0.15, -0.1) is 11.3 Å². The molecule has 2 amide bonds. The molecule has 150 valence electrons. The number of aromatic nitrogens is 2. The van der Waals surface area contributed by atoms with Crippen LogP contribution in [0.1, 0.15) is 11.5 Å². The fourth-order valence-electron chi connectivity index (χ4n) is 2.84. The van der Waals surface area contributed by atoms with Crippen LogP contribution in [0, 0.1) is 13.8 Å². The molecule has 8 nitrogen and oxygen atoms in total. The summed E-state index contributed by atoms with van der Waals surface area (Å²) in [5.41, 5.74) is 2.39. The van der Waals surface area contributed by atoms with Gasteiger partial charge in [-0.1, -0.05) is 34.7 Å². The van der Waals surface area contributed by atoms with Crippen LogP contribution in [-0.2, 0) is 10.0 Å². The minimum atomic E-state index is -4.06. The number of hydrogen-bond donors (Lipinski definition) is 2. The Bertz CT molecular complexity index is 1320. The highest BCUT2D eigenvalue weighted by molar-refractivity contribution is 9.11. The average Bonchev–Trinajstić information content (AvgIpc) is 3.34. The molecule has 29 heavy (non-hydrogen) atoms. The van der Waals surface area contributed by atoms with Crippen molar-refractivity contribution < 1.29 is 17.7 Å². The molecule has 0 saturated heterocycles. The summed E-state index contributed by atoms with van der Waals surface area (Å²) in [6, 6.07) is 6.21. The number of halogens is 1. The van der Waals surface area contributed by atoms with Gasteiger partial charge in [-0.3, -0.25) is 5.32 Å². The molecular weight excluding hydrogens is 500 g/mol. The number of carbonyl (C=O) groups is 1. The van der Waals surface area contributed by atoms with Crippen LogP contribution in [0.2, 0.25) is 0 Å². The first-order valence-corrected chi connectivity index (χ1v) is 12.1. The van der Waals surface area contributed by atoms with Gasteiger partial charge < -0.3 is 4.52 Å². The molecule has 4 rings (SSSR count). The molecule has 0 aliphatic rings. The van der Waals surface area contributed by atoms with E-state index >= 15 is 0 Å². The normalized spacial score (nSPS) is 11.7. The fraction of sp³-hybridized carbons (Fsp3) is 0.118. The fourth-order valence-corrected chi connectivity index (χ4v) is 6.35. The van der Waals surface area contributed by atoms with Crippen LogP contribution in [0.15, 0.2) is 43.0 Å². The lowest BCUT2D eigenvalue weighted by Gasteiger charge is -2.04. The lowest BCUT2D eigenvalue weighted by atomic mass is 10.0. The molecule has 3 aromatic heterocycles. The predicted molar refractivity (Wildman–Crippen MR) is 116 cm³/mol. The van der Waals surface area contributed by atoms with Crippen molar-refractivity contribution in [3.05, 3.63) is 45.7 Å². The first-order chi connectivity index (χ1) is 13.7. The van der Waals surface area contributed by atoms with E-state index in [0.717, 1.165) is 38.2 Å². The zero-order valence-corrected chi connectivity index (χ0v) is 19.1. The minimum Gasteiger partial charge on any atom is -0.361 e. The molecule has 0 aliphatic carbocycles. The Morgan fingerprint density at radius 3 is 2.69 bits per heavy atom. The minimum absolute atomic E-state index is 0.0298.